The minimum absolute atomic E-state index is 0.206. The number of nitrogens with zero attached hydrogens (tertiary/aromatic N) is 1. The molecule has 0 saturated carbocycles. The van der Waals surface area contributed by atoms with Gasteiger partial charge in [0.1, 0.15) is 9.84 Å². The first-order valence-corrected chi connectivity index (χ1v) is 5.51. The minimum Gasteiger partial charge on any atom is -0.340 e. The van der Waals surface area contributed by atoms with E-state index in [2.05, 4.69) is 0 Å². The zero-order valence-corrected chi connectivity index (χ0v) is 8.14. The predicted molar refractivity (Wildman–Crippen MR) is 43.4 cm³/mol. The fraction of sp³-hybridized carbons (Fsp3) is 0.833. The summed E-state index contributed by atoms with van der Waals surface area (Å²) in [6, 6.07) is 0. The highest BCUT2D eigenvalue weighted by Crippen LogP contribution is 1.98. The van der Waals surface area contributed by atoms with Gasteiger partial charge in [0.05, 0.1) is 5.75 Å². The molecule has 13 heavy (non-hydrogen) atoms. The van der Waals surface area contributed by atoms with Crippen LogP contribution in [-0.2, 0) is 14.6 Å². The third-order valence-electron chi connectivity index (χ3n) is 1.36. The number of hydrogen-bond acceptors (Lipinski definition) is 3. The van der Waals surface area contributed by atoms with Crippen molar-refractivity contribution in [1.29, 1.82) is 0 Å². The van der Waals surface area contributed by atoms with Gasteiger partial charge in [-0.3, -0.25) is 4.79 Å². The Balaban J connectivity index is 4.03. The molecule has 0 unspecified atom stereocenters. The van der Waals surface area contributed by atoms with Crippen molar-refractivity contribution in [1.82, 2.24) is 4.90 Å². The summed E-state index contributed by atoms with van der Waals surface area (Å²) >= 11 is 0. The molecule has 0 aromatic heterocycles. The van der Waals surface area contributed by atoms with Gasteiger partial charge in [-0.05, 0) is 0 Å². The predicted octanol–water partition coefficient (Wildman–Crippen LogP) is -0.246. The smallest absolute Gasteiger partial charge is 0.315 e. The second-order valence-electron chi connectivity index (χ2n) is 2.69. The van der Waals surface area contributed by atoms with Gasteiger partial charge in [-0.15, -0.1) is 0 Å². The monoisotopic (exact) mass is 215 g/mol. The highest BCUT2D eigenvalue weighted by molar-refractivity contribution is 7.90. The maximum Gasteiger partial charge on any atom is 0.315 e. The molecule has 78 valence electrons. The lowest BCUT2D eigenvalue weighted by molar-refractivity contribution is -0.141. The van der Waals surface area contributed by atoms with Crippen molar-refractivity contribution in [3.05, 3.63) is 0 Å². The van der Waals surface area contributed by atoms with E-state index >= 15 is 0 Å². The van der Waals surface area contributed by atoms with Gasteiger partial charge in [-0.25, -0.2) is 8.42 Å². The van der Waals surface area contributed by atoms with Crippen LogP contribution in [0.2, 0.25) is 0 Å². The van der Waals surface area contributed by atoms with Crippen molar-refractivity contribution in [2.24, 2.45) is 0 Å². The van der Waals surface area contributed by atoms with E-state index in [9.17, 15) is 22.0 Å². The lowest BCUT2D eigenvalue weighted by atomic mass is 10.5. The molecule has 0 radical (unpaired) electrons. The van der Waals surface area contributed by atoms with E-state index in [1.807, 2.05) is 0 Å². The van der Waals surface area contributed by atoms with Crippen LogP contribution >= 0.6 is 0 Å². The van der Waals surface area contributed by atoms with Gasteiger partial charge in [0.2, 0.25) is 0 Å². The molecule has 0 spiro atoms. The van der Waals surface area contributed by atoms with Gasteiger partial charge in [0.15, 0.2) is 0 Å². The van der Waals surface area contributed by atoms with Crippen LogP contribution in [0.25, 0.3) is 0 Å². The summed E-state index contributed by atoms with van der Waals surface area (Å²) < 4.78 is 44.7. The summed E-state index contributed by atoms with van der Waals surface area (Å²) in [5.74, 6) is -1.66. The molecule has 0 aliphatic heterocycles. The number of carbonyl (C=O) groups is 1. The van der Waals surface area contributed by atoms with Crippen LogP contribution in [0.4, 0.5) is 8.78 Å². The van der Waals surface area contributed by atoms with Crippen molar-refractivity contribution in [2.75, 3.05) is 25.6 Å². The number of hydrogen-bond donors (Lipinski definition) is 0. The van der Waals surface area contributed by atoms with E-state index in [1.54, 1.807) is 0 Å². The van der Waals surface area contributed by atoms with Gasteiger partial charge in [-0.2, -0.15) is 8.78 Å². The first kappa shape index (κ1) is 12.3. The number of halogens is 2. The maximum absolute atomic E-state index is 11.8. The minimum atomic E-state index is -3.22. The van der Waals surface area contributed by atoms with E-state index < -0.39 is 22.2 Å². The molecule has 7 heteroatoms. The SMILES string of the molecule is CN(CCS(C)(=O)=O)C(=O)C(F)F. The van der Waals surface area contributed by atoms with Crippen LogP contribution < -0.4 is 0 Å². The molecule has 0 aliphatic rings. The highest BCUT2D eigenvalue weighted by Gasteiger charge is 2.20. The molecule has 0 rings (SSSR count). The molecular weight excluding hydrogens is 204 g/mol. The standard InChI is InChI=1S/C6H11F2NO3S/c1-9(6(10)5(7)8)3-4-13(2,11)12/h5H,3-4H2,1-2H3. The molecule has 0 bridgehead atoms. The van der Waals surface area contributed by atoms with Crippen LogP contribution in [0.15, 0.2) is 0 Å². The topological polar surface area (TPSA) is 54.5 Å². The molecule has 1 amide bonds. The summed E-state index contributed by atoms with van der Waals surface area (Å²) in [7, 11) is -2.08. The molecule has 0 atom stereocenters. The summed E-state index contributed by atoms with van der Waals surface area (Å²) in [4.78, 5) is 11.2. The molecule has 0 aromatic rings. The Hall–Kier alpha value is -0.720. The van der Waals surface area contributed by atoms with Crippen LogP contribution in [-0.4, -0.2) is 51.3 Å². The molecular formula is C6H11F2NO3S. The number of amides is 1. The van der Waals surface area contributed by atoms with Crippen molar-refractivity contribution < 1.29 is 22.0 Å². The summed E-state index contributed by atoms with van der Waals surface area (Å²) in [5, 5.41) is 0. The van der Waals surface area contributed by atoms with Crippen molar-refractivity contribution in [2.45, 2.75) is 6.43 Å². The fourth-order valence-electron chi connectivity index (χ4n) is 0.580. The molecule has 0 saturated heterocycles. The molecule has 4 nitrogen and oxygen atoms in total. The van der Waals surface area contributed by atoms with Crippen LogP contribution in [0.3, 0.4) is 0 Å². The fourth-order valence-corrected chi connectivity index (χ4v) is 1.19. The Morgan fingerprint density at radius 3 is 2.23 bits per heavy atom. The van der Waals surface area contributed by atoms with E-state index in [1.165, 1.54) is 0 Å². The van der Waals surface area contributed by atoms with E-state index in [0.29, 0.717) is 4.90 Å². The zero-order valence-electron chi connectivity index (χ0n) is 7.33. The van der Waals surface area contributed by atoms with Gasteiger partial charge in [0.25, 0.3) is 5.91 Å². The molecule has 0 N–H and O–H groups in total. The average Bonchev–Trinajstić information content (AvgIpc) is 1.97. The summed E-state index contributed by atoms with van der Waals surface area (Å²) in [6.07, 6.45) is -2.10. The second-order valence-corrected chi connectivity index (χ2v) is 4.95. The second kappa shape index (κ2) is 4.50. The summed E-state index contributed by atoms with van der Waals surface area (Å²) in [5.41, 5.74) is 0. The van der Waals surface area contributed by atoms with E-state index in [4.69, 9.17) is 0 Å². The first-order chi connectivity index (χ1) is 5.74. The third kappa shape index (κ3) is 5.51. The highest BCUT2D eigenvalue weighted by atomic mass is 32.2. The maximum atomic E-state index is 11.8. The van der Waals surface area contributed by atoms with Crippen LogP contribution in [0.5, 0.6) is 0 Å². The summed E-state index contributed by atoms with van der Waals surface area (Å²) in [6.45, 7) is -0.206. The molecule has 0 aliphatic carbocycles. The van der Waals surface area contributed by atoms with E-state index in [0.717, 1.165) is 13.3 Å². The number of sulfone groups is 1. The van der Waals surface area contributed by atoms with Gasteiger partial charge >= 0.3 is 6.43 Å². The molecule has 0 aromatic carbocycles. The Morgan fingerprint density at radius 2 is 1.92 bits per heavy atom. The molecule has 0 fully saturated rings. The van der Waals surface area contributed by atoms with Crippen molar-refractivity contribution in [3.8, 4) is 0 Å². The first-order valence-electron chi connectivity index (χ1n) is 3.45. The lowest BCUT2D eigenvalue weighted by Gasteiger charge is -2.15. The van der Waals surface area contributed by atoms with Crippen LogP contribution in [0.1, 0.15) is 0 Å². The Bertz CT molecular complexity index is 276. The van der Waals surface area contributed by atoms with E-state index in [-0.39, 0.29) is 12.3 Å². The van der Waals surface area contributed by atoms with Crippen molar-refractivity contribution >= 4 is 15.7 Å². The van der Waals surface area contributed by atoms with Gasteiger partial charge < -0.3 is 4.90 Å². The number of rotatable bonds is 4. The van der Waals surface area contributed by atoms with Gasteiger partial charge in [0, 0.05) is 19.8 Å². The normalized spacial score (nSPS) is 11.8. The van der Waals surface area contributed by atoms with Crippen LogP contribution in [0, 0.1) is 0 Å². The lowest BCUT2D eigenvalue weighted by Crippen LogP contribution is -2.35. The zero-order chi connectivity index (χ0) is 10.6. The number of alkyl halides is 2. The average molecular weight is 215 g/mol. The van der Waals surface area contributed by atoms with Gasteiger partial charge in [-0.1, -0.05) is 0 Å². The quantitative estimate of drug-likeness (QED) is 0.650. The molecule has 0 heterocycles. The van der Waals surface area contributed by atoms with Crippen molar-refractivity contribution in [3.63, 3.8) is 0 Å². The number of carbonyl (C=O) groups excluding carboxylic acids is 1. The Labute approximate surface area is 75.4 Å². The third-order valence-corrected chi connectivity index (χ3v) is 2.28. The Morgan fingerprint density at radius 1 is 1.46 bits per heavy atom. The largest absolute Gasteiger partial charge is 0.340 e. The Kier molecular flexibility index (Phi) is 4.25.